The van der Waals surface area contributed by atoms with Crippen molar-refractivity contribution in [3.63, 3.8) is 0 Å². The average molecular weight is 249 g/mol. The number of terminal acetylenes is 1. The molecular weight excluding hydrogens is 242 g/mol. The SMILES string of the molecule is C#CCOC(=O)c1snnc1-c1coc(C)n1. The molecule has 0 saturated heterocycles. The van der Waals surface area contributed by atoms with Crippen LogP contribution in [0, 0.1) is 19.3 Å². The molecule has 0 aliphatic heterocycles. The van der Waals surface area contributed by atoms with E-state index in [4.69, 9.17) is 15.6 Å². The second kappa shape index (κ2) is 4.76. The molecule has 0 spiro atoms. The Morgan fingerprint density at radius 3 is 3.18 bits per heavy atom. The Morgan fingerprint density at radius 2 is 2.53 bits per heavy atom. The van der Waals surface area contributed by atoms with Crippen LogP contribution in [0.2, 0.25) is 0 Å². The molecular formula is C10H7N3O3S. The molecule has 6 nitrogen and oxygen atoms in total. The quantitative estimate of drug-likeness (QED) is 0.602. The summed E-state index contributed by atoms with van der Waals surface area (Å²) in [6.45, 7) is 1.60. The molecule has 0 saturated carbocycles. The number of rotatable bonds is 3. The van der Waals surface area contributed by atoms with Crippen molar-refractivity contribution in [3.8, 4) is 23.7 Å². The van der Waals surface area contributed by atoms with E-state index >= 15 is 0 Å². The highest BCUT2D eigenvalue weighted by Crippen LogP contribution is 2.23. The van der Waals surface area contributed by atoms with Crippen LogP contribution < -0.4 is 0 Å². The van der Waals surface area contributed by atoms with E-state index in [0.717, 1.165) is 11.5 Å². The van der Waals surface area contributed by atoms with Crippen LogP contribution in [0.4, 0.5) is 0 Å². The van der Waals surface area contributed by atoms with Gasteiger partial charge in [-0.1, -0.05) is 10.4 Å². The van der Waals surface area contributed by atoms with Gasteiger partial charge in [0, 0.05) is 6.92 Å². The van der Waals surface area contributed by atoms with E-state index in [-0.39, 0.29) is 11.5 Å². The van der Waals surface area contributed by atoms with E-state index in [1.54, 1.807) is 6.92 Å². The number of ether oxygens (including phenoxy) is 1. The molecule has 86 valence electrons. The maximum Gasteiger partial charge on any atom is 0.353 e. The molecule has 0 aromatic carbocycles. The number of hydrogen-bond acceptors (Lipinski definition) is 7. The highest BCUT2D eigenvalue weighted by Gasteiger charge is 2.21. The van der Waals surface area contributed by atoms with Crippen LogP contribution >= 0.6 is 11.5 Å². The van der Waals surface area contributed by atoms with Crippen LogP contribution in [0.5, 0.6) is 0 Å². The first-order valence-corrected chi connectivity index (χ1v) is 5.35. The Labute approximate surface area is 101 Å². The summed E-state index contributed by atoms with van der Waals surface area (Å²) in [7, 11) is 0. The Bertz CT molecular complexity index is 582. The standard InChI is InChI=1S/C10H7N3O3S/c1-3-4-15-10(14)9-8(12-13-17-9)7-5-16-6(2)11-7/h1,5H,4H2,2H3. The van der Waals surface area contributed by atoms with Crippen LogP contribution in [0.3, 0.4) is 0 Å². The smallest absolute Gasteiger partial charge is 0.353 e. The zero-order valence-electron chi connectivity index (χ0n) is 8.84. The van der Waals surface area contributed by atoms with Gasteiger partial charge in [-0.05, 0) is 11.5 Å². The molecule has 0 aliphatic rings. The van der Waals surface area contributed by atoms with E-state index in [1.165, 1.54) is 6.26 Å². The normalized spacial score (nSPS) is 9.88. The molecule has 0 radical (unpaired) electrons. The highest BCUT2D eigenvalue weighted by atomic mass is 32.1. The number of carbonyl (C=O) groups excluding carboxylic acids is 1. The van der Waals surface area contributed by atoms with Gasteiger partial charge in [0.15, 0.2) is 17.4 Å². The fourth-order valence-corrected chi connectivity index (χ4v) is 1.71. The van der Waals surface area contributed by atoms with E-state index in [2.05, 4.69) is 20.5 Å². The summed E-state index contributed by atoms with van der Waals surface area (Å²) in [4.78, 5) is 15.9. The summed E-state index contributed by atoms with van der Waals surface area (Å²) in [5.41, 5.74) is 0.790. The summed E-state index contributed by atoms with van der Waals surface area (Å²) in [6, 6.07) is 0. The van der Waals surface area contributed by atoms with Gasteiger partial charge in [-0.3, -0.25) is 0 Å². The van der Waals surface area contributed by atoms with Crippen molar-refractivity contribution >= 4 is 17.5 Å². The number of oxazole rings is 1. The van der Waals surface area contributed by atoms with E-state index in [9.17, 15) is 4.79 Å². The van der Waals surface area contributed by atoms with Crippen molar-refractivity contribution in [3.05, 3.63) is 17.0 Å². The van der Waals surface area contributed by atoms with Gasteiger partial charge in [-0.25, -0.2) is 9.78 Å². The van der Waals surface area contributed by atoms with Crippen molar-refractivity contribution in [1.29, 1.82) is 0 Å². The topological polar surface area (TPSA) is 78.1 Å². The van der Waals surface area contributed by atoms with Gasteiger partial charge >= 0.3 is 5.97 Å². The minimum atomic E-state index is -0.561. The maximum atomic E-state index is 11.6. The fourth-order valence-electron chi connectivity index (χ4n) is 1.14. The molecule has 2 aromatic rings. The van der Waals surface area contributed by atoms with E-state index < -0.39 is 5.97 Å². The molecule has 0 atom stereocenters. The van der Waals surface area contributed by atoms with Crippen molar-refractivity contribution in [1.82, 2.24) is 14.6 Å². The predicted octanol–water partition coefficient (Wildman–Crippen LogP) is 1.29. The van der Waals surface area contributed by atoms with Crippen LogP contribution in [0.1, 0.15) is 15.6 Å². The number of esters is 1. The molecule has 7 heteroatoms. The van der Waals surface area contributed by atoms with Crippen LogP contribution in [-0.2, 0) is 4.74 Å². The lowest BCUT2D eigenvalue weighted by molar-refractivity contribution is 0.0563. The van der Waals surface area contributed by atoms with E-state index in [1.807, 2.05) is 0 Å². The number of aryl methyl sites for hydroxylation is 1. The molecule has 2 aromatic heterocycles. The minimum Gasteiger partial charge on any atom is -0.449 e. The molecule has 2 heterocycles. The van der Waals surface area contributed by atoms with Gasteiger partial charge in [0.25, 0.3) is 0 Å². The molecule has 0 unspecified atom stereocenters. The van der Waals surface area contributed by atoms with Crippen LogP contribution in [0.25, 0.3) is 11.4 Å². The van der Waals surface area contributed by atoms with Gasteiger partial charge in [-0.2, -0.15) is 0 Å². The zero-order valence-corrected chi connectivity index (χ0v) is 9.65. The minimum absolute atomic E-state index is 0.0893. The molecule has 0 amide bonds. The maximum absolute atomic E-state index is 11.6. The van der Waals surface area contributed by atoms with E-state index in [0.29, 0.717) is 17.3 Å². The monoisotopic (exact) mass is 249 g/mol. The number of aromatic nitrogens is 3. The van der Waals surface area contributed by atoms with Crippen molar-refractivity contribution in [2.75, 3.05) is 6.61 Å². The number of hydrogen-bond donors (Lipinski definition) is 0. The lowest BCUT2D eigenvalue weighted by Crippen LogP contribution is -2.04. The Morgan fingerprint density at radius 1 is 1.71 bits per heavy atom. The third-order valence-corrected chi connectivity index (χ3v) is 2.53. The van der Waals surface area contributed by atoms with Crippen molar-refractivity contribution in [2.24, 2.45) is 0 Å². The number of carbonyl (C=O) groups is 1. The third-order valence-electron chi connectivity index (χ3n) is 1.82. The van der Waals surface area contributed by atoms with Gasteiger partial charge in [-0.15, -0.1) is 11.5 Å². The molecule has 17 heavy (non-hydrogen) atoms. The molecule has 2 rings (SSSR count). The third kappa shape index (κ3) is 2.32. The lowest BCUT2D eigenvalue weighted by Gasteiger charge is -1.97. The molecule has 0 fully saturated rings. The summed E-state index contributed by atoms with van der Waals surface area (Å²) in [5, 5.41) is 3.82. The van der Waals surface area contributed by atoms with Crippen molar-refractivity contribution in [2.45, 2.75) is 6.92 Å². The predicted molar refractivity (Wildman–Crippen MR) is 59.3 cm³/mol. The largest absolute Gasteiger partial charge is 0.449 e. The van der Waals surface area contributed by atoms with Crippen LogP contribution in [0.15, 0.2) is 10.7 Å². The first-order valence-electron chi connectivity index (χ1n) is 4.58. The van der Waals surface area contributed by atoms with Gasteiger partial charge < -0.3 is 9.15 Å². The summed E-state index contributed by atoms with van der Waals surface area (Å²) < 4.78 is 13.5. The molecule has 0 bridgehead atoms. The summed E-state index contributed by atoms with van der Waals surface area (Å²) in [5.74, 6) is 2.13. The summed E-state index contributed by atoms with van der Waals surface area (Å²) in [6.07, 6.45) is 6.41. The molecule has 0 aliphatic carbocycles. The second-order valence-electron chi connectivity index (χ2n) is 2.98. The Kier molecular flexibility index (Phi) is 3.16. The van der Waals surface area contributed by atoms with Crippen LogP contribution in [-0.4, -0.2) is 27.1 Å². The average Bonchev–Trinajstić information content (AvgIpc) is 2.93. The van der Waals surface area contributed by atoms with Gasteiger partial charge in [0.2, 0.25) is 0 Å². The Balaban J connectivity index is 2.29. The first kappa shape index (κ1) is 11.3. The van der Waals surface area contributed by atoms with Crippen molar-refractivity contribution < 1.29 is 13.9 Å². The zero-order chi connectivity index (χ0) is 12.3. The molecule has 0 N–H and O–H groups in total. The van der Waals surface area contributed by atoms with Gasteiger partial charge in [0.1, 0.15) is 17.7 Å². The second-order valence-corrected chi connectivity index (χ2v) is 3.74. The Hall–Kier alpha value is -2.20. The first-order chi connectivity index (χ1) is 8.22. The number of nitrogens with zero attached hydrogens (tertiary/aromatic N) is 3. The lowest BCUT2D eigenvalue weighted by atomic mass is 10.3. The highest BCUT2D eigenvalue weighted by molar-refractivity contribution is 7.08. The van der Waals surface area contributed by atoms with Gasteiger partial charge in [0.05, 0.1) is 0 Å². The fraction of sp³-hybridized carbons (Fsp3) is 0.200. The summed E-state index contributed by atoms with van der Waals surface area (Å²) >= 11 is 0.926.